The number of furan rings is 1. The second-order valence-electron chi connectivity index (χ2n) is 5.41. The largest absolute Gasteiger partial charge is 0.463 e. The van der Waals surface area contributed by atoms with Gasteiger partial charge in [-0.1, -0.05) is 0 Å². The van der Waals surface area contributed by atoms with E-state index in [2.05, 4.69) is 24.3 Å². The summed E-state index contributed by atoms with van der Waals surface area (Å²) in [5.41, 5.74) is 2.05. The average Bonchev–Trinajstić information content (AvgIpc) is 3.08. The van der Waals surface area contributed by atoms with Gasteiger partial charge in [-0.2, -0.15) is 0 Å². The second-order valence-corrected chi connectivity index (χ2v) is 5.41. The fraction of sp³-hybridized carbons (Fsp3) is 0.533. The predicted octanol–water partition coefficient (Wildman–Crippen LogP) is 3.22. The molecule has 1 aliphatic carbocycles. The number of aromatic amines is 1. The minimum atomic E-state index is 0.562. The van der Waals surface area contributed by atoms with Crippen LogP contribution in [0.5, 0.6) is 0 Å². The van der Waals surface area contributed by atoms with Crippen LogP contribution in [-0.2, 0) is 0 Å². The SMILES string of the molecule is CNC1CCC(c2nc(-c3ccco3)c(C)[nH]2)CC1. The van der Waals surface area contributed by atoms with E-state index in [9.17, 15) is 0 Å². The van der Waals surface area contributed by atoms with Gasteiger partial charge in [0.1, 0.15) is 11.5 Å². The van der Waals surface area contributed by atoms with Crippen molar-refractivity contribution >= 4 is 0 Å². The van der Waals surface area contributed by atoms with E-state index in [0.29, 0.717) is 12.0 Å². The Kier molecular flexibility index (Phi) is 3.42. The molecule has 19 heavy (non-hydrogen) atoms. The van der Waals surface area contributed by atoms with Gasteiger partial charge in [0.05, 0.1) is 6.26 Å². The summed E-state index contributed by atoms with van der Waals surface area (Å²) < 4.78 is 5.44. The van der Waals surface area contributed by atoms with Gasteiger partial charge < -0.3 is 14.7 Å². The van der Waals surface area contributed by atoms with Crippen molar-refractivity contribution < 1.29 is 4.42 Å². The Morgan fingerprint density at radius 1 is 1.32 bits per heavy atom. The molecule has 102 valence electrons. The van der Waals surface area contributed by atoms with Crippen molar-refractivity contribution in [3.63, 3.8) is 0 Å². The van der Waals surface area contributed by atoms with Crippen molar-refractivity contribution in [2.24, 2.45) is 0 Å². The standard InChI is InChI=1S/C15H21N3O/c1-10-14(13-4-3-9-19-13)18-15(17-10)11-5-7-12(16-2)8-6-11/h3-4,9,11-12,16H,5-8H2,1-2H3,(H,17,18). The second kappa shape index (κ2) is 5.21. The number of rotatable bonds is 3. The molecule has 0 aromatic carbocycles. The van der Waals surface area contributed by atoms with Crippen LogP contribution in [0.3, 0.4) is 0 Å². The van der Waals surface area contributed by atoms with Crippen LogP contribution in [0.15, 0.2) is 22.8 Å². The topological polar surface area (TPSA) is 53.9 Å². The first-order valence-electron chi connectivity index (χ1n) is 7.05. The number of aromatic nitrogens is 2. The van der Waals surface area contributed by atoms with Crippen LogP contribution in [0, 0.1) is 6.92 Å². The van der Waals surface area contributed by atoms with Gasteiger partial charge in [0.2, 0.25) is 0 Å². The summed E-state index contributed by atoms with van der Waals surface area (Å²) in [6.07, 6.45) is 6.57. The summed E-state index contributed by atoms with van der Waals surface area (Å²) in [4.78, 5) is 8.20. The molecule has 1 fully saturated rings. The van der Waals surface area contributed by atoms with Crippen LogP contribution < -0.4 is 5.32 Å². The Labute approximate surface area is 113 Å². The zero-order chi connectivity index (χ0) is 13.2. The molecule has 3 rings (SSSR count). The first-order valence-corrected chi connectivity index (χ1v) is 7.05. The van der Waals surface area contributed by atoms with E-state index in [0.717, 1.165) is 23.0 Å². The first-order chi connectivity index (χ1) is 9.28. The lowest BCUT2D eigenvalue weighted by Crippen LogP contribution is -2.29. The quantitative estimate of drug-likeness (QED) is 0.889. The third-order valence-electron chi connectivity index (χ3n) is 4.18. The number of H-pyrrole nitrogens is 1. The third-order valence-corrected chi connectivity index (χ3v) is 4.18. The normalized spacial score (nSPS) is 23.7. The molecule has 2 heterocycles. The first kappa shape index (κ1) is 12.5. The zero-order valence-electron chi connectivity index (χ0n) is 11.6. The number of hydrogen-bond donors (Lipinski definition) is 2. The van der Waals surface area contributed by atoms with E-state index in [4.69, 9.17) is 9.40 Å². The fourth-order valence-electron chi connectivity index (χ4n) is 2.99. The monoisotopic (exact) mass is 259 g/mol. The van der Waals surface area contributed by atoms with Crippen LogP contribution in [0.1, 0.15) is 43.1 Å². The molecule has 4 nitrogen and oxygen atoms in total. The Morgan fingerprint density at radius 2 is 2.11 bits per heavy atom. The van der Waals surface area contributed by atoms with E-state index < -0.39 is 0 Å². The van der Waals surface area contributed by atoms with Crippen LogP contribution >= 0.6 is 0 Å². The van der Waals surface area contributed by atoms with E-state index in [1.54, 1.807) is 6.26 Å². The minimum absolute atomic E-state index is 0.562. The van der Waals surface area contributed by atoms with E-state index in [1.807, 2.05) is 12.1 Å². The Morgan fingerprint density at radius 3 is 2.74 bits per heavy atom. The molecule has 2 aromatic heterocycles. The van der Waals surface area contributed by atoms with E-state index in [-0.39, 0.29) is 0 Å². The highest BCUT2D eigenvalue weighted by atomic mass is 16.3. The van der Waals surface area contributed by atoms with Crippen LogP contribution in [-0.4, -0.2) is 23.1 Å². The minimum Gasteiger partial charge on any atom is -0.463 e. The maximum Gasteiger partial charge on any atom is 0.154 e. The van der Waals surface area contributed by atoms with Crippen molar-refractivity contribution in [3.8, 4) is 11.5 Å². The Bertz CT molecular complexity index is 522. The van der Waals surface area contributed by atoms with Gasteiger partial charge in [0, 0.05) is 17.7 Å². The molecule has 1 aliphatic rings. The van der Waals surface area contributed by atoms with Gasteiger partial charge in [-0.15, -0.1) is 0 Å². The molecule has 0 bridgehead atoms. The number of hydrogen-bond acceptors (Lipinski definition) is 3. The average molecular weight is 259 g/mol. The zero-order valence-corrected chi connectivity index (χ0v) is 11.6. The smallest absolute Gasteiger partial charge is 0.154 e. The van der Waals surface area contributed by atoms with Crippen LogP contribution in [0.25, 0.3) is 11.5 Å². The van der Waals surface area contributed by atoms with Gasteiger partial charge >= 0.3 is 0 Å². The molecule has 0 atom stereocenters. The summed E-state index contributed by atoms with van der Waals surface area (Å²) in [6, 6.07) is 4.54. The number of aryl methyl sites for hydroxylation is 1. The highest BCUT2D eigenvalue weighted by molar-refractivity contribution is 5.55. The Balaban J connectivity index is 1.78. The summed E-state index contributed by atoms with van der Waals surface area (Å²) in [7, 11) is 2.05. The molecular weight excluding hydrogens is 238 g/mol. The van der Waals surface area contributed by atoms with Gasteiger partial charge in [0.15, 0.2) is 5.76 Å². The van der Waals surface area contributed by atoms with Crippen molar-refractivity contribution in [1.82, 2.24) is 15.3 Å². The van der Waals surface area contributed by atoms with Gasteiger partial charge in [-0.3, -0.25) is 0 Å². The van der Waals surface area contributed by atoms with Crippen LogP contribution in [0.2, 0.25) is 0 Å². The van der Waals surface area contributed by atoms with Crippen molar-refractivity contribution in [3.05, 3.63) is 29.9 Å². The number of nitrogens with zero attached hydrogens (tertiary/aromatic N) is 1. The summed E-state index contributed by atoms with van der Waals surface area (Å²) in [5, 5.41) is 3.37. The number of nitrogens with one attached hydrogen (secondary N) is 2. The third kappa shape index (κ3) is 2.45. The fourth-order valence-corrected chi connectivity index (χ4v) is 2.99. The van der Waals surface area contributed by atoms with Gasteiger partial charge in [-0.05, 0) is 51.8 Å². The van der Waals surface area contributed by atoms with Crippen LogP contribution in [0.4, 0.5) is 0 Å². The molecule has 0 aliphatic heterocycles. The number of imidazole rings is 1. The Hall–Kier alpha value is -1.55. The lowest BCUT2D eigenvalue weighted by atomic mass is 9.86. The molecule has 1 saturated carbocycles. The molecule has 0 spiro atoms. The summed E-state index contributed by atoms with van der Waals surface area (Å²) in [5.74, 6) is 2.54. The van der Waals surface area contributed by atoms with Crippen molar-refractivity contribution in [1.29, 1.82) is 0 Å². The highest BCUT2D eigenvalue weighted by Crippen LogP contribution is 2.33. The summed E-state index contributed by atoms with van der Waals surface area (Å²) in [6.45, 7) is 2.06. The molecule has 2 aromatic rings. The van der Waals surface area contributed by atoms with Gasteiger partial charge in [-0.25, -0.2) is 4.98 Å². The molecule has 2 N–H and O–H groups in total. The maximum absolute atomic E-state index is 5.44. The lowest BCUT2D eigenvalue weighted by Gasteiger charge is -2.26. The van der Waals surface area contributed by atoms with Crippen molar-refractivity contribution in [2.75, 3.05) is 7.05 Å². The highest BCUT2D eigenvalue weighted by Gasteiger charge is 2.24. The maximum atomic E-state index is 5.44. The van der Waals surface area contributed by atoms with E-state index in [1.165, 1.54) is 25.7 Å². The molecule has 4 heteroatoms. The molecule has 0 unspecified atom stereocenters. The molecular formula is C15H21N3O. The van der Waals surface area contributed by atoms with Gasteiger partial charge in [0.25, 0.3) is 0 Å². The lowest BCUT2D eigenvalue weighted by molar-refractivity contribution is 0.351. The molecule has 0 radical (unpaired) electrons. The van der Waals surface area contributed by atoms with Crippen molar-refractivity contribution in [2.45, 2.75) is 44.6 Å². The van der Waals surface area contributed by atoms with E-state index >= 15 is 0 Å². The molecule has 0 saturated heterocycles. The summed E-state index contributed by atoms with van der Waals surface area (Å²) >= 11 is 0. The predicted molar refractivity (Wildman–Crippen MR) is 75.1 cm³/mol. The molecule has 0 amide bonds.